The summed E-state index contributed by atoms with van der Waals surface area (Å²) in [6.45, 7) is 8.53. The number of hydrogen-bond acceptors (Lipinski definition) is 5. The van der Waals surface area contributed by atoms with Crippen molar-refractivity contribution in [3.63, 3.8) is 0 Å². The first-order valence-corrected chi connectivity index (χ1v) is 10.6. The number of aryl methyl sites for hydroxylation is 1. The summed E-state index contributed by atoms with van der Waals surface area (Å²) in [6, 6.07) is 9.83. The van der Waals surface area contributed by atoms with E-state index in [1.807, 2.05) is 19.1 Å². The molecule has 0 bridgehead atoms. The van der Waals surface area contributed by atoms with Crippen molar-refractivity contribution in [1.29, 1.82) is 0 Å². The van der Waals surface area contributed by atoms with Crippen LogP contribution in [0.3, 0.4) is 0 Å². The van der Waals surface area contributed by atoms with Gasteiger partial charge in [0.1, 0.15) is 11.6 Å². The maximum absolute atomic E-state index is 14.4. The Bertz CT molecular complexity index is 1040. The Hall–Kier alpha value is -2.73. The molecule has 2 heterocycles. The Morgan fingerprint density at radius 1 is 1.13 bits per heavy atom. The third-order valence-corrected chi connectivity index (χ3v) is 6.08. The molecular formula is C24H29FN4O. The van der Waals surface area contributed by atoms with E-state index in [1.165, 1.54) is 11.6 Å². The Morgan fingerprint density at radius 2 is 1.90 bits per heavy atom. The number of piperidine rings is 1. The van der Waals surface area contributed by atoms with E-state index in [4.69, 9.17) is 4.74 Å². The summed E-state index contributed by atoms with van der Waals surface area (Å²) in [5.41, 5.74) is 3.97. The topological polar surface area (TPSA) is 50.3 Å². The summed E-state index contributed by atoms with van der Waals surface area (Å²) in [5, 5.41) is 12.5. The molecule has 0 radical (unpaired) electrons. The van der Waals surface area contributed by atoms with Gasteiger partial charge in [-0.3, -0.25) is 0 Å². The van der Waals surface area contributed by atoms with Crippen molar-refractivity contribution in [2.75, 3.05) is 25.5 Å². The van der Waals surface area contributed by atoms with Gasteiger partial charge in [-0.15, -0.1) is 0 Å². The molecule has 1 aliphatic heterocycles. The molecule has 1 N–H and O–H groups in total. The average Bonchev–Trinajstić information content (AvgIpc) is 2.75. The van der Waals surface area contributed by atoms with Gasteiger partial charge in [0, 0.05) is 17.5 Å². The van der Waals surface area contributed by atoms with Crippen LogP contribution < -0.4 is 10.1 Å². The van der Waals surface area contributed by atoms with Gasteiger partial charge in [0.05, 0.1) is 30.2 Å². The fourth-order valence-corrected chi connectivity index (χ4v) is 4.29. The lowest BCUT2D eigenvalue weighted by molar-refractivity contribution is 0.171. The molecule has 1 fully saturated rings. The summed E-state index contributed by atoms with van der Waals surface area (Å²) < 4.78 is 20.1. The van der Waals surface area contributed by atoms with E-state index >= 15 is 0 Å². The molecule has 1 aliphatic rings. The normalized spacial score (nSPS) is 15.7. The van der Waals surface area contributed by atoms with Crippen molar-refractivity contribution in [1.82, 2.24) is 15.1 Å². The van der Waals surface area contributed by atoms with Gasteiger partial charge >= 0.3 is 0 Å². The van der Waals surface area contributed by atoms with E-state index in [1.54, 1.807) is 19.4 Å². The van der Waals surface area contributed by atoms with Crippen LogP contribution in [0.1, 0.15) is 43.7 Å². The van der Waals surface area contributed by atoms with E-state index in [0.717, 1.165) is 53.8 Å². The smallest absolute Gasteiger partial charge is 0.146 e. The molecule has 0 amide bonds. The number of ether oxygens (including phenoxy) is 1. The predicted molar refractivity (Wildman–Crippen MR) is 119 cm³/mol. The van der Waals surface area contributed by atoms with Gasteiger partial charge in [-0.2, -0.15) is 10.2 Å². The summed E-state index contributed by atoms with van der Waals surface area (Å²) in [5.74, 6) is 0.990. The maximum Gasteiger partial charge on any atom is 0.146 e. The molecule has 0 unspecified atom stereocenters. The van der Waals surface area contributed by atoms with Crippen LogP contribution in [0.5, 0.6) is 5.75 Å². The van der Waals surface area contributed by atoms with Crippen LogP contribution in [-0.4, -0.2) is 41.3 Å². The third-order valence-electron chi connectivity index (χ3n) is 6.08. The largest absolute Gasteiger partial charge is 0.496 e. The van der Waals surface area contributed by atoms with Crippen LogP contribution in [0.15, 0.2) is 36.5 Å². The number of likely N-dealkylation sites (tertiary alicyclic amines) is 1. The van der Waals surface area contributed by atoms with Gasteiger partial charge in [0.2, 0.25) is 0 Å². The zero-order valence-electron chi connectivity index (χ0n) is 18.1. The fourth-order valence-electron chi connectivity index (χ4n) is 4.29. The number of fused-ring (bicyclic) bond motifs is 1. The van der Waals surface area contributed by atoms with Gasteiger partial charge in [0.15, 0.2) is 0 Å². The van der Waals surface area contributed by atoms with Crippen LogP contribution in [-0.2, 0) is 0 Å². The second-order valence-electron chi connectivity index (χ2n) is 8.38. The Labute approximate surface area is 177 Å². The number of rotatable bonds is 5. The molecule has 0 spiro atoms. The Kier molecular flexibility index (Phi) is 5.86. The molecule has 6 heteroatoms. The van der Waals surface area contributed by atoms with Crippen LogP contribution >= 0.6 is 0 Å². The molecule has 2 aromatic carbocycles. The molecule has 4 rings (SSSR count). The van der Waals surface area contributed by atoms with Crippen molar-refractivity contribution in [3.8, 4) is 5.75 Å². The number of methoxy groups -OCH3 is 1. The van der Waals surface area contributed by atoms with E-state index < -0.39 is 0 Å². The first-order valence-electron chi connectivity index (χ1n) is 10.6. The van der Waals surface area contributed by atoms with E-state index in [0.29, 0.717) is 17.6 Å². The van der Waals surface area contributed by atoms with Crippen LogP contribution in [0.4, 0.5) is 15.8 Å². The van der Waals surface area contributed by atoms with Gasteiger partial charge in [0.25, 0.3) is 0 Å². The molecule has 1 aromatic heterocycles. The lowest BCUT2D eigenvalue weighted by Gasteiger charge is -2.35. The number of nitrogens with zero attached hydrogens (tertiary/aromatic N) is 3. The van der Waals surface area contributed by atoms with Crippen LogP contribution in [0.2, 0.25) is 0 Å². The van der Waals surface area contributed by atoms with E-state index in [-0.39, 0.29) is 5.82 Å². The summed E-state index contributed by atoms with van der Waals surface area (Å²) in [4.78, 5) is 2.52. The number of aromatic nitrogens is 2. The minimum Gasteiger partial charge on any atom is -0.496 e. The second-order valence-corrected chi connectivity index (χ2v) is 8.38. The lowest BCUT2D eigenvalue weighted by Crippen LogP contribution is -2.37. The molecule has 3 aromatic rings. The quantitative estimate of drug-likeness (QED) is 0.611. The highest BCUT2D eigenvalue weighted by molar-refractivity contribution is 5.93. The maximum atomic E-state index is 14.4. The molecule has 0 aliphatic carbocycles. The second kappa shape index (κ2) is 8.56. The van der Waals surface area contributed by atoms with Crippen molar-refractivity contribution < 1.29 is 9.13 Å². The van der Waals surface area contributed by atoms with Crippen molar-refractivity contribution in [3.05, 3.63) is 53.5 Å². The minimum atomic E-state index is -0.283. The molecule has 0 saturated carbocycles. The number of hydrogen-bond donors (Lipinski definition) is 1. The number of benzene rings is 2. The molecule has 1 saturated heterocycles. The number of anilines is 2. The molecule has 30 heavy (non-hydrogen) atoms. The highest BCUT2D eigenvalue weighted by atomic mass is 19.1. The molecular weight excluding hydrogens is 379 g/mol. The van der Waals surface area contributed by atoms with Crippen LogP contribution in [0.25, 0.3) is 10.9 Å². The van der Waals surface area contributed by atoms with Gasteiger partial charge in [-0.1, -0.05) is 6.07 Å². The first-order chi connectivity index (χ1) is 14.5. The third kappa shape index (κ3) is 4.10. The first kappa shape index (κ1) is 20.5. The highest BCUT2D eigenvalue weighted by Crippen LogP contribution is 2.39. The van der Waals surface area contributed by atoms with Crippen molar-refractivity contribution in [2.45, 2.75) is 45.6 Å². The summed E-state index contributed by atoms with van der Waals surface area (Å²) in [7, 11) is 1.70. The standard InChI is InChI=1S/C24H29FN4O/c1-15(2)29-9-7-17(8-10-29)18-12-19-22(13-24(18)30-4)28-26-14-23(19)27-21-6-5-16(3)11-20(21)25/h5-6,11-15,17H,7-10H2,1-4H3,(H,27,28). The molecule has 0 atom stereocenters. The Balaban J connectivity index is 1.70. The van der Waals surface area contributed by atoms with Crippen LogP contribution in [0, 0.1) is 12.7 Å². The predicted octanol–water partition coefficient (Wildman–Crippen LogP) is 5.42. The lowest BCUT2D eigenvalue weighted by atomic mass is 9.87. The number of halogens is 1. The summed E-state index contributed by atoms with van der Waals surface area (Å²) >= 11 is 0. The van der Waals surface area contributed by atoms with E-state index in [9.17, 15) is 4.39 Å². The Morgan fingerprint density at radius 3 is 2.57 bits per heavy atom. The van der Waals surface area contributed by atoms with Crippen molar-refractivity contribution in [2.24, 2.45) is 0 Å². The monoisotopic (exact) mass is 408 g/mol. The van der Waals surface area contributed by atoms with Crippen molar-refractivity contribution >= 4 is 22.3 Å². The fraction of sp³-hybridized carbons (Fsp3) is 0.417. The molecule has 5 nitrogen and oxygen atoms in total. The van der Waals surface area contributed by atoms with Gasteiger partial charge in [-0.05, 0) is 81.9 Å². The SMILES string of the molecule is COc1cc2nncc(Nc3ccc(C)cc3F)c2cc1C1CCN(C(C)C)CC1. The van der Waals surface area contributed by atoms with E-state index in [2.05, 4.69) is 40.3 Å². The number of nitrogens with one attached hydrogen (secondary N) is 1. The highest BCUT2D eigenvalue weighted by Gasteiger charge is 2.25. The average molecular weight is 409 g/mol. The zero-order valence-corrected chi connectivity index (χ0v) is 18.1. The summed E-state index contributed by atoms with van der Waals surface area (Å²) in [6.07, 6.45) is 3.83. The van der Waals surface area contributed by atoms with Gasteiger partial charge in [-0.25, -0.2) is 4.39 Å². The van der Waals surface area contributed by atoms with Gasteiger partial charge < -0.3 is 15.0 Å². The minimum absolute atomic E-state index is 0.283. The zero-order chi connectivity index (χ0) is 21.3. The molecule has 158 valence electrons.